The van der Waals surface area contributed by atoms with Crippen molar-refractivity contribution in [2.24, 2.45) is 5.92 Å². The number of nitrogens with zero attached hydrogens (tertiary/aromatic N) is 1. The molecule has 3 rings (SSSR count). The van der Waals surface area contributed by atoms with E-state index in [-0.39, 0.29) is 11.7 Å². The van der Waals surface area contributed by atoms with Gasteiger partial charge in [-0.3, -0.25) is 4.79 Å². The molecule has 29 heavy (non-hydrogen) atoms. The number of halogens is 1. The van der Waals surface area contributed by atoms with Crippen LogP contribution in [0.2, 0.25) is 0 Å². The number of carboxylic acids is 2. The summed E-state index contributed by atoms with van der Waals surface area (Å²) in [5.74, 6) is -3.64. The molecule has 1 aromatic carbocycles. The Morgan fingerprint density at radius 3 is 2.21 bits per heavy atom. The third kappa shape index (κ3) is 7.81. The Kier molecular flexibility index (Phi) is 9.05. The van der Waals surface area contributed by atoms with Crippen LogP contribution in [0.4, 0.5) is 4.39 Å². The van der Waals surface area contributed by atoms with E-state index in [2.05, 4.69) is 4.90 Å². The van der Waals surface area contributed by atoms with Gasteiger partial charge in [-0.2, -0.15) is 0 Å². The van der Waals surface area contributed by atoms with E-state index >= 15 is 0 Å². The first kappa shape index (κ1) is 22.8. The fourth-order valence-corrected chi connectivity index (χ4v) is 3.96. The molecule has 1 aromatic rings. The average molecular weight is 408 g/mol. The Bertz CT molecular complexity index is 675. The van der Waals surface area contributed by atoms with E-state index in [1.165, 1.54) is 29.9 Å². The number of carbonyl (C=O) groups excluding carboxylic acids is 2. The minimum atomic E-state index is -2.07. The standard InChI is InChI=1S/C19H27FN2O.C2H2O4/c20-18-9-7-16(8-10-18)14-21-11-5-6-17(15-21)19(23)22-12-3-1-2-4-13-22;3-1(4)2(5)6/h7-10,17H,1-6,11-15H2;(H,3,4)(H,5,6). The fraction of sp³-hybridized carbons (Fsp3) is 0.571. The van der Waals surface area contributed by atoms with Crippen molar-refractivity contribution in [1.29, 1.82) is 0 Å². The van der Waals surface area contributed by atoms with Gasteiger partial charge in [0.25, 0.3) is 0 Å². The first-order valence-corrected chi connectivity index (χ1v) is 10.2. The van der Waals surface area contributed by atoms with E-state index in [0.29, 0.717) is 5.91 Å². The van der Waals surface area contributed by atoms with Gasteiger partial charge >= 0.3 is 5.97 Å². The molecule has 0 aromatic heterocycles. The van der Waals surface area contributed by atoms with Crippen LogP contribution in [0.5, 0.6) is 0 Å². The summed E-state index contributed by atoms with van der Waals surface area (Å²) < 4.78 is 13.0. The minimum Gasteiger partial charge on any atom is -0.539 e. The number of quaternary nitrogens is 1. The van der Waals surface area contributed by atoms with Gasteiger partial charge in [0, 0.05) is 18.7 Å². The molecule has 8 heteroatoms. The van der Waals surface area contributed by atoms with Crippen LogP contribution in [-0.2, 0) is 20.9 Å². The van der Waals surface area contributed by atoms with E-state index in [1.54, 1.807) is 0 Å². The van der Waals surface area contributed by atoms with Crippen LogP contribution in [0.25, 0.3) is 0 Å². The van der Waals surface area contributed by atoms with Crippen LogP contribution in [-0.4, -0.2) is 54.0 Å². The van der Waals surface area contributed by atoms with Gasteiger partial charge in [0.15, 0.2) is 5.97 Å². The topological polar surface area (TPSA) is 102 Å². The van der Waals surface area contributed by atoms with Crippen molar-refractivity contribution in [3.63, 3.8) is 0 Å². The molecule has 2 N–H and O–H groups in total. The molecule has 160 valence electrons. The van der Waals surface area contributed by atoms with Crippen molar-refractivity contribution in [3.8, 4) is 0 Å². The molecule has 2 aliphatic heterocycles. The summed E-state index contributed by atoms with van der Waals surface area (Å²) in [6.07, 6.45) is 6.98. The molecule has 2 fully saturated rings. The molecule has 2 atom stereocenters. The number of benzene rings is 1. The third-order valence-corrected chi connectivity index (χ3v) is 5.43. The maximum absolute atomic E-state index is 13.0. The maximum atomic E-state index is 13.0. The summed E-state index contributed by atoms with van der Waals surface area (Å²) >= 11 is 0. The Morgan fingerprint density at radius 1 is 1.07 bits per heavy atom. The zero-order valence-corrected chi connectivity index (χ0v) is 16.6. The molecule has 0 saturated carbocycles. The fourth-order valence-electron chi connectivity index (χ4n) is 3.96. The van der Waals surface area contributed by atoms with Gasteiger partial charge in [0.05, 0.1) is 19.0 Å². The number of amides is 1. The number of carboxylic acid groups (broad SMARTS) is 2. The van der Waals surface area contributed by atoms with Crippen LogP contribution >= 0.6 is 0 Å². The second kappa shape index (κ2) is 11.5. The van der Waals surface area contributed by atoms with Gasteiger partial charge in [0.2, 0.25) is 5.91 Å². The Balaban J connectivity index is 0.000000438. The van der Waals surface area contributed by atoms with Gasteiger partial charge in [-0.05, 0) is 37.8 Å². The monoisotopic (exact) mass is 408 g/mol. The second-order valence-corrected chi connectivity index (χ2v) is 7.68. The smallest absolute Gasteiger partial charge is 0.351 e. The van der Waals surface area contributed by atoms with Crippen LogP contribution in [0.1, 0.15) is 44.1 Å². The summed E-state index contributed by atoms with van der Waals surface area (Å²) in [7, 11) is 0. The minimum absolute atomic E-state index is 0.178. The lowest BCUT2D eigenvalue weighted by Crippen LogP contribution is -3.12. The van der Waals surface area contributed by atoms with E-state index in [9.17, 15) is 9.18 Å². The van der Waals surface area contributed by atoms with E-state index in [4.69, 9.17) is 19.8 Å². The summed E-state index contributed by atoms with van der Waals surface area (Å²) in [5, 5.41) is 16.3. The quantitative estimate of drug-likeness (QED) is 0.677. The number of hydrogen-bond donors (Lipinski definition) is 2. The largest absolute Gasteiger partial charge is 0.539 e. The van der Waals surface area contributed by atoms with Gasteiger partial charge in [0.1, 0.15) is 12.4 Å². The zero-order valence-electron chi connectivity index (χ0n) is 16.6. The summed E-state index contributed by atoms with van der Waals surface area (Å²) in [5.41, 5.74) is 1.16. The Hall–Kier alpha value is -2.48. The van der Waals surface area contributed by atoms with Crippen molar-refractivity contribution in [1.82, 2.24) is 4.90 Å². The van der Waals surface area contributed by atoms with Crippen LogP contribution in [0.15, 0.2) is 24.3 Å². The molecule has 2 saturated heterocycles. The Labute approximate surface area is 170 Å². The van der Waals surface area contributed by atoms with E-state index in [1.807, 2.05) is 12.1 Å². The summed E-state index contributed by atoms with van der Waals surface area (Å²) in [6.45, 7) is 4.82. The van der Waals surface area contributed by atoms with Crippen molar-refractivity contribution >= 4 is 17.8 Å². The molecule has 2 heterocycles. The van der Waals surface area contributed by atoms with Crippen molar-refractivity contribution in [2.45, 2.75) is 45.1 Å². The highest BCUT2D eigenvalue weighted by Gasteiger charge is 2.31. The summed E-state index contributed by atoms with van der Waals surface area (Å²) in [4.78, 5) is 34.4. The normalized spacial score (nSPS) is 22.0. The number of piperidine rings is 1. The molecule has 7 nitrogen and oxygen atoms in total. The molecular weight excluding hydrogens is 379 g/mol. The lowest BCUT2D eigenvalue weighted by Gasteiger charge is -2.32. The predicted molar refractivity (Wildman–Crippen MR) is 101 cm³/mol. The number of hydrogen-bond acceptors (Lipinski definition) is 4. The number of likely N-dealkylation sites (tertiary alicyclic amines) is 2. The first-order valence-electron chi connectivity index (χ1n) is 10.2. The first-order chi connectivity index (χ1) is 13.9. The van der Waals surface area contributed by atoms with E-state index in [0.717, 1.165) is 64.0 Å². The van der Waals surface area contributed by atoms with Crippen molar-refractivity contribution in [2.75, 3.05) is 26.2 Å². The molecule has 1 amide bonds. The molecule has 0 radical (unpaired) electrons. The summed E-state index contributed by atoms with van der Waals surface area (Å²) in [6, 6.07) is 6.78. The van der Waals surface area contributed by atoms with Crippen molar-refractivity contribution < 1.29 is 33.9 Å². The highest BCUT2D eigenvalue weighted by molar-refractivity contribution is 6.26. The highest BCUT2D eigenvalue weighted by atomic mass is 19.1. The molecule has 2 unspecified atom stereocenters. The molecule has 0 spiro atoms. The zero-order chi connectivity index (χ0) is 21.2. The lowest BCUT2D eigenvalue weighted by atomic mass is 9.96. The van der Waals surface area contributed by atoms with Gasteiger partial charge in [-0.15, -0.1) is 0 Å². The Morgan fingerprint density at radius 2 is 1.66 bits per heavy atom. The second-order valence-electron chi connectivity index (χ2n) is 7.68. The molecule has 2 aliphatic rings. The maximum Gasteiger partial charge on any atom is 0.351 e. The van der Waals surface area contributed by atoms with Gasteiger partial charge in [-0.1, -0.05) is 25.0 Å². The number of aliphatic carboxylic acids is 2. The lowest BCUT2D eigenvalue weighted by molar-refractivity contribution is -0.921. The number of carbonyl (C=O) groups is 3. The average Bonchev–Trinajstić information content (AvgIpc) is 2.99. The highest BCUT2D eigenvalue weighted by Crippen LogP contribution is 2.16. The molecule has 0 bridgehead atoms. The third-order valence-electron chi connectivity index (χ3n) is 5.43. The number of nitrogens with one attached hydrogen (secondary N) is 1. The van der Waals surface area contributed by atoms with Gasteiger partial charge < -0.3 is 24.8 Å². The van der Waals surface area contributed by atoms with E-state index < -0.39 is 11.9 Å². The molecule has 0 aliphatic carbocycles. The van der Waals surface area contributed by atoms with Gasteiger partial charge in [-0.25, -0.2) is 9.18 Å². The SMILES string of the molecule is O=C(C1CCC[NH+](Cc2ccc(F)cc2)C1)N1CCCCCC1.O=C([O-])C(=O)O. The molecular formula is C21H29FN2O5. The predicted octanol–water partition coefficient (Wildman–Crippen LogP) is -0.156. The van der Waals surface area contributed by atoms with Crippen molar-refractivity contribution in [3.05, 3.63) is 35.6 Å². The number of rotatable bonds is 3. The van der Waals surface area contributed by atoms with Crippen LogP contribution in [0.3, 0.4) is 0 Å². The van der Waals surface area contributed by atoms with Crippen LogP contribution in [0, 0.1) is 11.7 Å². The van der Waals surface area contributed by atoms with Crippen LogP contribution < -0.4 is 10.0 Å².